The molecule has 0 unspecified atom stereocenters. The van der Waals surface area contributed by atoms with Gasteiger partial charge in [-0.3, -0.25) is 0 Å². The van der Waals surface area contributed by atoms with Gasteiger partial charge in [-0.15, -0.1) is 11.3 Å². The van der Waals surface area contributed by atoms with Crippen molar-refractivity contribution in [2.24, 2.45) is 0 Å². The summed E-state index contributed by atoms with van der Waals surface area (Å²) in [4.78, 5) is 21.6. The van der Waals surface area contributed by atoms with Crippen molar-refractivity contribution in [2.45, 2.75) is 0 Å². The molecule has 0 saturated carbocycles. The van der Waals surface area contributed by atoms with E-state index in [0.29, 0.717) is 17.1 Å². The Morgan fingerprint density at radius 1 is 1.06 bits per heavy atom. The summed E-state index contributed by atoms with van der Waals surface area (Å²) in [5, 5.41) is 17.8. The molecular formula is C12H8O5S. The van der Waals surface area contributed by atoms with Gasteiger partial charge in [-0.1, -0.05) is 18.2 Å². The molecule has 0 radical (unpaired) electrons. The Labute approximate surface area is 106 Å². The van der Waals surface area contributed by atoms with Crippen LogP contribution in [0.5, 0.6) is 11.5 Å². The van der Waals surface area contributed by atoms with E-state index in [1.54, 1.807) is 30.3 Å². The first kappa shape index (κ1) is 12.1. The minimum absolute atomic E-state index is 0.0381. The van der Waals surface area contributed by atoms with Crippen molar-refractivity contribution >= 4 is 23.3 Å². The minimum atomic E-state index is -1.21. The molecule has 18 heavy (non-hydrogen) atoms. The molecule has 2 rings (SSSR count). The SMILES string of the molecule is O=C(O)c1cc(Oc2ccccc2)c(C(=O)O)s1. The smallest absolute Gasteiger partial charge is 0.349 e. The van der Waals surface area contributed by atoms with Crippen LogP contribution in [0.4, 0.5) is 0 Å². The van der Waals surface area contributed by atoms with Crippen molar-refractivity contribution in [2.75, 3.05) is 0 Å². The van der Waals surface area contributed by atoms with E-state index in [4.69, 9.17) is 14.9 Å². The molecule has 92 valence electrons. The third kappa shape index (κ3) is 2.49. The van der Waals surface area contributed by atoms with Gasteiger partial charge in [0.25, 0.3) is 0 Å². The van der Waals surface area contributed by atoms with Gasteiger partial charge in [0.2, 0.25) is 0 Å². The molecule has 1 aromatic carbocycles. The number of thiophene rings is 1. The molecule has 0 fully saturated rings. The molecule has 0 aliphatic carbocycles. The summed E-state index contributed by atoms with van der Waals surface area (Å²) < 4.78 is 5.37. The van der Waals surface area contributed by atoms with Gasteiger partial charge in [0.05, 0.1) is 0 Å². The first-order valence-electron chi connectivity index (χ1n) is 4.91. The van der Waals surface area contributed by atoms with E-state index in [9.17, 15) is 9.59 Å². The van der Waals surface area contributed by atoms with E-state index in [1.165, 1.54) is 6.07 Å². The number of hydrogen-bond acceptors (Lipinski definition) is 4. The lowest BCUT2D eigenvalue weighted by atomic mass is 10.3. The largest absolute Gasteiger partial charge is 0.477 e. The topological polar surface area (TPSA) is 83.8 Å². The van der Waals surface area contributed by atoms with Crippen LogP contribution >= 0.6 is 11.3 Å². The molecule has 2 N–H and O–H groups in total. The van der Waals surface area contributed by atoms with Crippen molar-refractivity contribution in [3.8, 4) is 11.5 Å². The fourth-order valence-electron chi connectivity index (χ4n) is 1.32. The molecule has 0 saturated heterocycles. The fourth-order valence-corrected chi connectivity index (χ4v) is 2.08. The second-order valence-corrected chi connectivity index (χ2v) is 4.38. The van der Waals surface area contributed by atoms with Crippen LogP contribution in [0, 0.1) is 0 Å². The highest BCUT2D eigenvalue weighted by Gasteiger charge is 2.20. The van der Waals surface area contributed by atoms with E-state index in [-0.39, 0.29) is 15.5 Å². The Morgan fingerprint density at radius 2 is 1.72 bits per heavy atom. The van der Waals surface area contributed by atoms with E-state index >= 15 is 0 Å². The number of benzene rings is 1. The Morgan fingerprint density at radius 3 is 2.28 bits per heavy atom. The standard InChI is InChI=1S/C12H8O5S/c13-11(14)9-6-8(10(18-9)12(15)16)17-7-4-2-1-3-5-7/h1-6H,(H,13,14)(H,15,16). The molecule has 0 atom stereocenters. The summed E-state index contributed by atoms with van der Waals surface area (Å²) in [6.07, 6.45) is 0. The Hall–Kier alpha value is -2.34. The number of carboxylic acid groups (broad SMARTS) is 2. The van der Waals surface area contributed by atoms with Gasteiger partial charge in [0, 0.05) is 6.07 Å². The molecule has 5 nitrogen and oxygen atoms in total. The number of carbonyl (C=O) groups is 2. The first-order chi connectivity index (χ1) is 8.58. The summed E-state index contributed by atoms with van der Waals surface area (Å²) in [5.74, 6) is -1.89. The second-order valence-electron chi connectivity index (χ2n) is 3.33. The van der Waals surface area contributed by atoms with Gasteiger partial charge in [0.15, 0.2) is 10.6 Å². The highest BCUT2D eigenvalue weighted by atomic mass is 32.1. The third-order valence-electron chi connectivity index (χ3n) is 2.07. The Kier molecular flexibility index (Phi) is 3.29. The van der Waals surface area contributed by atoms with Crippen LogP contribution in [-0.2, 0) is 0 Å². The van der Waals surface area contributed by atoms with Crippen LogP contribution in [0.25, 0.3) is 0 Å². The monoisotopic (exact) mass is 264 g/mol. The summed E-state index contributed by atoms with van der Waals surface area (Å²) in [5.41, 5.74) is 0. The number of ether oxygens (including phenoxy) is 1. The quantitative estimate of drug-likeness (QED) is 0.886. The van der Waals surface area contributed by atoms with Gasteiger partial charge in [-0.05, 0) is 12.1 Å². The molecule has 1 aromatic heterocycles. The highest BCUT2D eigenvalue weighted by molar-refractivity contribution is 7.16. The van der Waals surface area contributed by atoms with Crippen molar-refractivity contribution in [3.05, 3.63) is 46.2 Å². The predicted octanol–water partition coefficient (Wildman–Crippen LogP) is 2.94. The van der Waals surface area contributed by atoms with Crippen LogP contribution in [0.3, 0.4) is 0 Å². The molecule has 0 aliphatic rings. The van der Waals surface area contributed by atoms with Crippen LogP contribution in [-0.4, -0.2) is 22.2 Å². The number of carboxylic acids is 2. The molecular weight excluding hydrogens is 256 g/mol. The lowest BCUT2D eigenvalue weighted by Gasteiger charge is -2.03. The minimum Gasteiger partial charge on any atom is -0.477 e. The summed E-state index contributed by atoms with van der Waals surface area (Å²) >= 11 is 0.671. The zero-order valence-corrected chi connectivity index (χ0v) is 9.81. The predicted molar refractivity (Wildman–Crippen MR) is 64.8 cm³/mol. The lowest BCUT2D eigenvalue weighted by molar-refractivity contribution is 0.0691. The van der Waals surface area contributed by atoms with E-state index in [0.717, 1.165) is 0 Å². The molecule has 0 amide bonds. The zero-order valence-electron chi connectivity index (χ0n) is 8.99. The molecule has 0 bridgehead atoms. The molecule has 2 aromatic rings. The molecule has 0 aliphatic heterocycles. The maximum atomic E-state index is 11.0. The molecule has 6 heteroatoms. The maximum Gasteiger partial charge on any atom is 0.349 e. The van der Waals surface area contributed by atoms with Crippen molar-refractivity contribution in [1.82, 2.24) is 0 Å². The summed E-state index contributed by atoms with van der Waals surface area (Å²) in [7, 11) is 0. The summed E-state index contributed by atoms with van der Waals surface area (Å²) in [6, 6.07) is 9.79. The Bertz CT molecular complexity index is 588. The first-order valence-corrected chi connectivity index (χ1v) is 5.73. The van der Waals surface area contributed by atoms with Gasteiger partial charge in [-0.25, -0.2) is 9.59 Å². The van der Waals surface area contributed by atoms with E-state index in [2.05, 4.69) is 0 Å². The van der Waals surface area contributed by atoms with Gasteiger partial charge < -0.3 is 14.9 Å². The molecule has 0 spiro atoms. The van der Waals surface area contributed by atoms with Crippen molar-refractivity contribution in [1.29, 1.82) is 0 Å². The number of hydrogen-bond donors (Lipinski definition) is 2. The average molecular weight is 264 g/mol. The van der Waals surface area contributed by atoms with Gasteiger partial charge in [0.1, 0.15) is 10.6 Å². The highest BCUT2D eigenvalue weighted by Crippen LogP contribution is 2.33. The van der Waals surface area contributed by atoms with Crippen molar-refractivity contribution < 1.29 is 24.5 Å². The second kappa shape index (κ2) is 4.89. The number of aromatic carboxylic acids is 2. The van der Waals surface area contributed by atoms with E-state index in [1.807, 2.05) is 0 Å². The van der Waals surface area contributed by atoms with Crippen LogP contribution in [0.15, 0.2) is 36.4 Å². The zero-order chi connectivity index (χ0) is 13.1. The van der Waals surface area contributed by atoms with Crippen molar-refractivity contribution in [3.63, 3.8) is 0 Å². The number of para-hydroxylation sites is 1. The Balaban J connectivity index is 2.37. The van der Waals surface area contributed by atoms with Crippen LogP contribution < -0.4 is 4.74 Å². The van der Waals surface area contributed by atoms with E-state index < -0.39 is 11.9 Å². The normalized spacial score (nSPS) is 10.0. The number of rotatable bonds is 4. The van der Waals surface area contributed by atoms with Crippen LogP contribution in [0.1, 0.15) is 19.3 Å². The molecule has 1 heterocycles. The summed E-state index contributed by atoms with van der Waals surface area (Å²) in [6.45, 7) is 0. The van der Waals surface area contributed by atoms with Gasteiger partial charge in [-0.2, -0.15) is 0 Å². The third-order valence-corrected chi connectivity index (χ3v) is 3.17. The average Bonchev–Trinajstić information content (AvgIpc) is 2.74. The van der Waals surface area contributed by atoms with Gasteiger partial charge >= 0.3 is 11.9 Å². The maximum absolute atomic E-state index is 11.0. The fraction of sp³-hybridized carbons (Fsp3) is 0. The van der Waals surface area contributed by atoms with Crippen LogP contribution in [0.2, 0.25) is 0 Å². The lowest BCUT2D eigenvalue weighted by Crippen LogP contribution is -1.95.